The molecule has 0 fully saturated rings. The summed E-state index contributed by atoms with van der Waals surface area (Å²) in [5.74, 6) is 0.507. The maximum atomic E-state index is 11.8. The third-order valence-corrected chi connectivity index (χ3v) is 2.57. The van der Waals surface area contributed by atoms with Crippen molar-refractivity contribution in [2.45, 2.75) is 13.5 Å². The van der Waals surface area contributed by atoms with Gasteiger partial charge in [0.1, 0.15) is 5.76 Å². The lowest BCUT2D eigenvalue weighted by molar-refractivity contribution is 0.0948. The number of benzene rings is 1. The number of aryl methyl sites for hydroxylation is 1. The molecule has 1 heterocycles. The molecule has 0 atom stereocenters. The van der Waals surface area contributed by atoms with Gasteiger partial charge < -0.3 is 9.73 Å². The van der Waals surface area contributed by atoms with Crippen LogP contribution in [-0.4, -0.2) is 5.91 Å². The van der Waals surface area contributed by atoms with Gasteiger partial charge in [-0.2, -0.15) is 0 Å². The molecule has 4 heteroatoms. The number of furan rings is 1. The molecule has 1 aromatic carbocycles. The predicted molar refractivity (Wildman–Crippen MR) is 66.1 cm³/mol. The molecule has 1 N–H and O–H groups in total. The molecule has 3 nitrogen and oxygen atoms in total. The Bertz CT molecular complexity index is 516. The van der Waals surface area contributed by atoms with Gasteiger partial charge in [0.2, 0.25) is 0 Å². The number of rotatable bonds is 3. The second-order valence-corrected chi connectivity index (χ2v) is 4.13. The van der Waals surface area contributed by atoms with E-state index >= 15 is 0 Å². The Morgan fingerprint density at radius 1 is 1.24 bits per heavy atom. The lowest BCUT2D eigenvalue weighted by Crippen LogP contribution is -2.22. The second kappa shape index (κ2) is 5.06. The number of nitrogens with one attached hydrogen (secondary N) is 1. The minimum atomic E-state index is -0.127. The molecular weight excluding hydrogens is 238 g/mol. The number of amides is 1. The number of carbonyl (C=O) groups is 1. The molecular formula is C13H12ClNO2. The van der Waals surface area contributed by atoms with Crippen LogP contribution in [0.2, 0.25) is 5.22 Å². The van der Waals surface area contributed by atoms with Gasteiger partial charge in [-0.15, -0.1) is 0 Å². The predicted octanol–water partition coefficient (Wildman–Crippen LogP) is 3.17. The average Bonchev–Trinajstić information content (AvgIpc) is 2.73. The fourth-order valence-electron chi connectivity index (χ4n) is 1.42. The minimum absolute atomic E-state index is 0.127. The summed E-state index contributed by atoms with van der Waals surface area (Å²) in [5, 5.41) is 3.08. The van der Waals surface area contributed by atoms with Gasteiger partial charge in [-0.3, -0.25) is 4.79 Å². The Balaban J connectivity index is 1.95. The highest BCUT2D eigenvalue weighted by Gasteiger charge is 2.06. The summed E-state index contributed by atoms with van der Waals surface area (Å²) in [5.41, 5.74) is 1.76. The Kier molecular flexibility index (Phi) is 3.49. The van der Waals surface area contributed by atoms with E-state index in [1.165, 1.54) is 0 Å². The lowest BCUT2D eigenvalue weighted by Gasteiger charge is -2.03. The second-order valence-electron chi connectivity index (χ2n) is 3.75. The van der Waals surface area contributed by atoms with Crippen molar-refractivity contribution < 1.29 is 9.21 Å². The normalized spacial score (nSPS) is 10.2. The zero-order valence-electron chi connectivity index (χ0n) is 9.37. The molecule has 0 aliphatic heterocycles. The van der Waals surface area contributed by atoms with Crippen LogP contribution in [0.4, 0.5) is 0 Å². The molecule has 0 spiro atoms. The average molecular weight is 250 g/mol. The van der Waals surface area contributed by atoms with Crippen LogP contribution < -0.4 is 5.32 Å². The van der Waals surface area contributed by atoms with Crippen LogP contribution in [0.25, 0.3) is 0 Å². The third-order valence-electron chi connectivity index (χ3n) is 2.37. The van der Waals surface area contributed by atoms with Crippen molar-refractivity contribution >= 4 is 17.5 Å². The summed E-state index contributed by atoms with van der Waals surface area (Å²) in [4.78, 5) is 11.8. The molecule has 0 aliphatic carbocycles. The van der Waals surface area contributed by atoms with Crippen molar-refractivity contribution in [3.8, 4) is 0 Å². The third kappa shape index (κ3) is 3.11. The largest absolute Gasteiger partial charge is 0.448 e. The van der Waals surface area contributed by atoms with Crippen molar-refractivity contribution in [1.29, 1.82) is 0 Å². The molecule has 1 aromatic heterocycles. The van der Waals surface area contributed by atoms with E-state index in [1.54, 1.807) is 24.3 Å². The van der Waals surface area contributed by atoms with Crippen LogP contribution in [0.5, 0.6) is 0 Å². The Morgan fingerprint density at radius 2 is 1.94 bits per heavy atom. The van der Waals surface area contributed by atoms with Crippen molar-refractivity contribution in [3.63, 3.8) is 0 Å². The molecule has 0 bridgehead atoms. The van der Waals surface area contributed by atoms with E-state index in [0.29, 0.717) is 23.1 Å². The molecule has 1 amide bonds. The van der Waals surface area contributed by atoms with Gasteiger partial charge >= 0.3 is 0 Å². The molecule has 88 valence electrons. The molecule has 0 saturated carbocycles. The van der Waals surface area contributed by atoms with E-state index in [1.807, 2.05) is 19.1 Å². The summed E-state index contributed by atoms with van der Waals surface area (Å²) < 4.78 is 5.14. The summed E-state index contributed by atoms with van der Waals surface area (Å²) in [6.07, 6.45) is 0. The van der Waals surface area contributed by atoms with Crippen molar-refractivity contribution in [2.75, 3.05) is 0 Å². The standard InChI is InChI=1S/C13H12ClNO2/c1-9-2-4-10(5-3-9)13(16)15-8-11-6-7-12(14)17-11/h2-7H,8H2,1H3,(H,15,16). The fraction of sp³-hybridized carbons (Fsp3) is 0.154. The zero-order chi connectivity index (χ0) is 12.3. The van der Waals surface area contributed by atoms with E-state index in [9.17, 15) is 4.79 Å². The number of hydrogen-bond donors (Lipinski definition) is 1. The highest BCUT2D eigenvalue weighted by molar-refractivity contribution is 6.28. The van der Waals surface area contributed by atoms with Gasteiger partial charge in [0.25, 0.3) is 5.91 Å². The van der Waals surface area contributed by atoms with Crippen LogP contribution in [0.1, 0.15) is 21.7 Å². The topological polar surface area (TPSA) is 42.2 Å². The van der Waals surface area contributed by atoms with E-state index < -0.39 is 0 Å². The van der Waals surface area contributed by atoms with Gasteiger partial charge in [0, 0.05) is 5.56 Å². The monoisotopic (exact) mass is 249 g/mol. The molecule has 0 saturated heterocycles. The van der Waals surface area contributed by atoms with Crippen LogP contribution in [0, 0.1) is 6.92 Å². The Labute approximate surface area is 104 Å². The van der Waals surface area contributed by atoms with Gasteiger partial charge in [0.15, 0.2) is 5.22 Å². The maximum absolute atomic E-state index is 11.8. The van der Waals surface area contributed by atoms with E-state index in [4.69, 9.17) is 16.0 Å². The first-order valence-corrected chi connectivity index (χ1v) is 5.62. The number of carbonyl (C=O) groups excluding carboxylic acids is 1. The summed E-state index contributed by atoms with van der Waals surface area (Å²) in [7, 11) is 0. The quantitative estimate of drug-likeness (QED) is 0.908. The summed E-state index contributed by atoms with van der Waals surface area (Å²) in [6, 6.07) is 10.8. The van der Waals surface area contributed by atoms with Crippen molar-refractivity contribution in [2.24, 2.45) is 0 Å². The lowest BCUT2D eigenvalue weighted by atomic mass is 10.1. The van der Waals surface area contributed by atoms with Gasteiger partial charge in [0.05, 0.1) is 6.54 Å². The van der Waals surface area contributed by atoms with Gasteiger partial charge in [-0.1, -0.05) is 17.7 Å². The van der Waals surface area contributed by atoms with Gasteiger partial charge in [-0.25, -0.2) is 0 Å². The SMILES string of the molecule is Cc1ccc(C(=O)NCc2ccc(Cl)o2)cc1. The molecule has 0 aliphatic rings. The van der Waals surface area contributed by atoms with Crippen molar-refractivity contribution in [1.82, 2.24) is 5.32 Å². The smallest absolute Gasteiger partial charge is 0.251 e. The zero-order valence-corrected chi connectivity index (χ0v) is 10.1. The first-order chi connectivity index (χ1) is 8.15. The van der Waals surface area contributed by atoms with E-state index in [2.05, 4.69) is 5.32 Å². The summed E-state index contributed by atoms with van der Waals surface area (Å²) >= 11 is 5.63. The Hall–Kier alpha value is -1.74. The number of halogens is 1. The first-order valence-electron chi connectivity index (χ1n) is 5.24. The molecule has 0 radical (unpaired) electrons. The molecule has 2 rings (SSSR count). The fourth-order valence-corrected chi connectivity index (χ4v) is 1.58. The Morgan fingerprint density at radius 3 is 2.53 bits per heavy atom. The van der Waals surface area contributed by atoms with Gasteiger partial charge in [-0.05, 0) is 42.8 Å². The van der Waals surface area contributed by atoms with Crippen LogP contribution in [-0.2, 0) is 6.54 Å². The van der Waals surface area contributed by atoms with Crippen LogP contribution >= 0.6 is 11.6 Å². The van der Waals surface area contributed by atoms with E-state index in [0.717, 1.165) is 5.56 Å². The number of hydrogen-bond acceptors (Lipinski definition) is 2. The van der Waals surface area contributed by atoms with Crippen LogP contribution in [0.15, 0.2) is 40.8 Å². The highest BCUT2D eigenvalue weighted by Crippen LogP contribution is 2.12. The highest BCUT2D eigenvalue weighted by atomic mass is 35.5. The maximum Gasteiger partial charge on any atom is 0.251 e. The van der Waals surface area contributed by atoms with Crippen molar-refractivity contribution in [3.05, 3.63) is 58.5 Å². The van der Waals surface area contributed by atoms with E-state index in [-0.39, 0.29) is 5.91 Å². The first kappa shape index (κ1) is 11.7. The molecule has 2 aromatic rings. The summed E-state index contributed by atoms with van der Waals surface area (Å²) in [6.45, 7) is 2.31. The molecule has 17 heavy (non-hydrogen) atoms. The minimum Gasteiger partial charge on any atom is -0.448 e. The molecule has 0 unspecified atom stereocenters. The van der Waals surface area contributed by atoms with Crippen LogP contribution in [0.3, 0.4) is 0 Å².